The van der Waals surface area contributed by atoms with Gasteiger partial charge < -0.3 is 0 Å². The van der Waals surface area contributed by atoms with Gasteiger partial charge in [0.1, 0.15) is 7.05 Å². The van der Waals surface area contributed by atoms with Crippen molar-refractivity contribution in [3.05, 3.63) is 53.2 Å². The minimum atomic E-state index is -2.07. The third kappa shape index (κ3) is 2.86. The number of aryl methyl sites for hydroxylation is 3. The van der Waals surface area contributed by atoms with Gasteiger partial charge in [0.15, 0.2) is 6.20 Å². The van der Waals surface area contributed by atoms with E-state index in [0.29, 0.717) is 5.56 Å². The molecule has 0 saturated carbocycles. The van der Waals surface area contributed by atoms with Crippen molar-refractivity contribution in [3.8, 4) is 11.3 Å². The first-order valence-electron chi connectivity index (χ1n) is 8.12. The molecule has 19 heavy (non-hydrogen) atoms. The third-order valence-corrected chi connectivity index (χ3v) is 3.51. The lowest BCUT2D eigenvalue weighted by molar-refractivity contribution is -0.660. The molecule has 1 heteroatoms. The van der Waals surface area contributed by atoms with E-state index in [4.69, 9.17) is 4.11 Å². The van der Waals surface area contributed by atoms with Crippen LogP contribution in [0.25, 0.3) is 11.3 Å². The molecule has 0 amide bonds. The Morgan fingerprint density at radius 1 is 1.11 bits per heavy atom. The highest BCUT2D eigenvalue weighted by atomic mass is 14.9. The van der Waals surface area contributed by atoms with Crippen LogP contribution in [0.15, 0.2) is 36.5 Å². The van der Waals surface area contributed by atoms with E-state index in [1.807, 2.05) is 17.7 Å². The van der Waals surface area contributed by atoms with Crippen LogP contribution >= 0.6 is 0 Å². The van der Waals surface area contributed by atoms with Crippen molar-refractivity contribution >= 4 is 0 Å². The molecular formula is C18H24N+. The second kappa shape index (κ2) is 4.80. The Labute approximate surface area is 121 Å². The summed E-state index contributed by atoms with van der Waals surface area (Å²) in [5, 5.41) is 0. The molecule has 0 bridgehead atoms. The fourth-order valence-electron chi connectivity index (χ4n) is 2.25. The average molecular weight is 257 g/mol. The molecule has 1 heterocycles. The average Bonchev–Trinajstić information content (AvgIpc) is 2.37. The summed E-state index contributed by atoms with van der Waals surface area (Å²) in [6, 6.07) is 10.1. The van der Waals surface area contributed by atoms with Gasteiger partial charge in [-0.25, -0.2) is 4.57 Å². The van der Waals surface area contributed by atoms with E-state index in [2.05, 4.69) is 45.9 Å². The molecule has 1 aromatic heterocycles. The van der Waals surface area contributed by atoms with Crippen LogP contribution in [0.4, 0.5) is 0 Å². The number of hydrogen-bond donors (Lipinski definition) is 0. The largest absolute Gasteiger partial charge is 0.212 e. The van der Waals surface area contributed by atoms with Crippen molar-refractivity contribution in [2.75, 3.05) is 0 Å². The molecule has 0 aliphatic rings. The first-order valence-corrected chi connectivity index (χ1v) is 6.62. The molecule has 0 aliphatic heterocycles. The molecular weight excluding hydrogens is 230 g/mol. The molecule has 2 rings (SSSR count). The molecule has 0 aliphatic carbocycles. The molecule has 0 radical (unpaired) electrons. The van der Waals surface area contributed by atoms with Crippen LogP contribution in [0.5, 0.6) is 0 Å². The van der Waals surface area contributed by atoms with Crippen molar-refractivity contribution in [2.45, 2.75) is 40.0 Å². The lowest BCUT2D eigenvalue weighted by Crippen LogP contribution is -2.31. The highest BCUT2D eigenvalue weighted by Crippen LogP contribution is 2.28. The zero-order chi connectivity index (χ0) is 16.7. The standard InChI is InChI=1S/C18H24N/c1-13-7-10-17(19(6)12-13)16-11-15(18(3,4)5)9-8-14(16)2/h7-12H,1-6H3/q+1/i1D3. The minimum absolute atomic E-state index is 0.0830. The Hall–Kier alpha value is -1.63. The Kier molecular flexibility index (Phi) is 2.58. The van der Waals surface area contributed by atoms with Gasteiger partial charge in [-0.3, -0.25) is 0 Å². The van der Waals surface area contributed by atoms with Crippen molar-refractivity contribution < 1.29 is 8.68 Å². The summed E-state index contributed by atoms with van der Waals surface area (Å²) in [6.07, 6.45) is 1.70. The highest BCUT2D eigenvalue weighted by Gasteiger charge is 2.18. The Morgan fingerprint density at radius 3 is 2.42 bits per heavy atom. The molecule has 0 spiro atoms. The van der Waals surface area contributed by atoms with Gasteiger partial charge in [-0.15, -0.1) is 0 Å². The van der Waals surface area contributed by atoms with Crippen LogP contribution in [-0.2, 0) is 12.5 Å². The van der Waals surface area contributed by atoms with Gasteiger partial charge in [0, 0.05) is 21.3 Å². The van der Waals surface area contributed by atoms with Crippen LogP contribution in [-0.4, -0.2) is 0 Å². The van der Waals surface area contributed by atoms with E-state index in [1.54, 1.807) is 12.3 Å². The number of nitrogens with zero attached hydrogens (tertiary/aromatic N) is 1. The predicted molar refractivity (Wildman–Crippen MR) is 81.2 cm³/mol. The first-order chi connectivity index (χ1) is 10.00. The molecule has 0 N–H and O–H groups in total. The normalized spacial score (nSPS) is 14.7. The summed E-state index contributed by atoms with van der Waals surface area (Å²) in [7, 11) is 1.90. The number of aromatic nitrogens is 1. The van der Waals surface area contributed by atoms with Crippen molar-refractivity contribution in [1.82, 2.24) is 0 Å². The van der Waals surface area contributed by atoms with Crippen molar-refractivity contribution in [1.29, 1.82) is 0 Å². The van der Waals surface area contributed by atoms with E-state index < -0.39 is 6.85 Å². The second-order valence-electron chi connectivity index (χ2n) is 6.19. The van der Waals surface area contributed by atoms with Crippen LogP contribution in [0.1, 0.15) is 41.6 Å². The minimum Gasteiger partial charge on any atom is -0.201 e. The summed E-state index contributed by atoms with van der Waals surface area (Å²) in [5.41, 5.74) is 5.07. The lowest BCUT2D eigenvalue weighted by atomic mass is 9.85. The monoisotopic (exact) mass is 257 g/mol. The van der Waals surface area contributed by atoms with Gasteiger partial charge in [-0.2, -0.15) is 0 Å². The van der Waals surface area contributed by atoms with Crippen LogP contribution in [0.3, 0.4) is 0 Å². The smallest absolute Gasteiger partial charge is 0.201 e. The maximum Gasteiger partial charge on any atom is 0.212 e. The number of pyridine rings is 1. The summed E-state index contributed by atoms with van der Waals surface area (Å²) in [5.74, 6) is 0. The second-order valence-corrected chi connectivity index (χ2v) is 6.19. The molecule has 2 aromatic rings. The van der Waals surface area contributed by atoms with E-state index in [1.165, 1.54) is 11.1 Å². The highest BCUT2D eigenvalue weighted by molar-refractivity contribution is 5.62. The number of benzene rings is 1. The van der Waals surface area contributed by atoms with Gasteiger partial charge in [0.25, 0.3) is 0 Å². The fourth-order valence-corrected chi connectivity index (χ4v) is 2.25. The first kappa shape index (κ1) is 10.2. The fraction of sp³-hybridized carbons (Fsp3) is 0.389. The van der Waals surface area contributed by atoms with E-state index >= 15 is 0 Å². The van der Waals surface area contributed by atoms with Crippen molar-refractivity contribution in [2.24, 2.45) is 7.05 Å². The zero-order valence-electron chi connectivity index (χ0n) is 15.4. The quantitative estimate of drug-likeness (QED) is 0.677. The van der Waals surface area contributed by atoms with Gasteiger partial charge in [0.05, 0.1) is 0 Å². The van der Waals surface area contributed by atoms with Crippen LogP contribution in [0, 0.1) is 13.8 Å². The van der Waals surface area contributed by atoms with Crippen molar-refractivity contribution in [3.63, 3.8) is 0 Å². The molecule has 1 nitrogen and oxygen atoms in total. The van der Waals surface area contributed by atoms with E-state index in [-0.39, 0.29) is 5.41 Å². The lowest BCUT2D eigenvalue weighted by Gasteiger charge is -2.20. The maximum absolute atomic E-state index is 7.52. The number of hydrogen-bond acceptors (Lipinski definition) is 0. The molecule has 0 saturated heterocycles. The van der Waals surface area contributed by atoms with Gasteiger partial charge in [-0.1, -0.05) is 32.9 Å². The van der Waals surface area contributed by atoms with Gasteiger partial charge >= 0.3 is 0 Å². The van der Waals surface area contributed by atoms with Gasteiger partial charge in [0.2, 0.25) is 5.69 Å². The summed E-state index contributed by atoms with van der Waals surface area (Å²) in [6.45, 7) is 6.59. The Morgan fingerprint density at radius 2 is 1.84 bits per heavy atom. The third-order valence-electron chi connectivity index (χ3n) is 3.51. The van der Waals surface area contributed by atoms with E-state index in [9.17, 15) is 0 Å². The van der Waals surface area contributed by atoms with Crippen LogP contribution in [0.2, 0.25) is 0 Å². The topological polar surface area (TPSA) is 3.88 Å². The Balaban J connectivity index is 2.57. The molecule has 0 unspecified atom stereocenters. The molecule has 0 fully saturated rings. The number of rotatable bonds is 1. The van der Waals surface area contributed by atoms with Crippen LogP contribution < -0.4 is 4.57 Å². The zero-order valence-corrected chi connectivity index (χ0v) is 12.4. The molecule has 0 atom stereocenters. The summed E-state index contributed by atoms with van der Waals surface area (Å²) < 4.78 is 24.5. The summed E-state index contributed by atoms with van der Waals surface area (Å²) >= 11 is 0. The molecule has 1 aromatic carbocycles. The van der Waals surface area contributed by atoms with Gasteiger partial charge in [-0.05, 0) is 42.5 Å². The van der Waals surface area contributed by atoms with E-state index in [0.717, 1.165) is 11.3 Å². The SMILES string of the molecule is [2H]C([2H])([2H])c1ccc(-c2cc(C(C)(C)C)ccc2C)[n+](C)c1. The predicted octanol–water partition coefficient (Wildman–Crippen LogP) is 4.09. The maximum atomic E-state index is 7.52. The Bertz CT molecular complexity index is 694. The summed E-state index contributed by atoms with van der Waals surface area (Å²) in [4.78, 5) is 0. The molecule has 100 valence electrons.